The number of benzene rings is 1. The quantitative estimate of drug-likeness (QED) is 0.742. The Hall–Kier alpha value is -1.75. The number of hydrogen-bond acceptors (Lipinski definition) is 2. The first-order valence-corrected chi connectivity index (χ1v) is 6.22. The van der Waals surface area contributed by atoms with Crippen LogP contribution in [0.5, 0.6) is 0 Å². The van der Waals surface area contributed by atoms with Crippen molar-refractivity contribution in [3.05, 3.63) is 46.4 Å². The van der Waals surface area contributed by atoms with E-state index in [0.29, 0.717) is 17.0 Å². The fourth-order valence-corrected chi connectivity index (χ4v) is 2.52. The van der Waals surface area contributed by atoms with E-state index in [1.807, 2.05) is 6.92 Å². The van der Waals surface area contributed by atoms with Gasteiger partial charge in [-0.2, -0.15) is 0 Å². The van der Waals surface area contributed by atoms with Crippen LogP contribution < -0.4 is 0 Å². The summed E-state index contributed by atoms with van der Waals surface area (Å²) in [6, 6.07) is 6.50. The van der Waals surface area contributed by atoms with Gasteiger partial charge in [0.05, 0.1) is 16.6 Å². The van der Waals surface area contributed by atoms with Crippen LogP contribution in [0.1, 0.15) is 5.69 Å². The molecule has 3 rings (SSSR count). The van der Waals surface area contributed by atoms with Gasteiger partial charge < -0.3 is 4.98 Å². The van der Waals surface area contributed by atoms with Crippen LogP contribution in [-0.4, -0.2) is 15.0 Å². The largest absolute Gasteiger partial charge is 0.345 e. The van der Waals surface area contributed by atoms with E-state index in [1.54, 1.807) is 24.4 Å². The van der Waals surface area contributed by atoms with E-state index in [1.165, 1.54) is 6.07 Å². The number of fused-ring (bicyclic) bond motifs is 1. The molecular formula is C13H9BrFN3. The maximum absolute atomic E-state index is 13.7. The second-order valence-corrected chi connectivity index (χ2v) is 4.83. The predicted molar refractivity (Wildman–Crippen MR) is 71.7 cm³/mol. The number of hydrogen-bond donors (Lipinski definition) is 1. The number of H-pyrrole nitrogens is 1. The molecule has 0 fully saturated rings. The molecule has 1 aromatic carbocycles. The van der Waals surface area contributed by atoms with Gasteiger partial charge in [0.25, 0.3) is 0 Å². The second kappa shape index (κ2) is 4.17. The summed E-state index contributed by atoms with van der Waals surface area (Å²) in [6.07, 6.45) is 1.80. The molecule has 2 aromatic heterocycles. The van der Waals surface area contributed by atoms with E-state index in [9.17, 15) is 4.39 Å². The van der Waals surface area contributed by atoms with Gasteiger partial charge in [0.15, 0.2) is 5.82 Å². The van der Waals surface area contributed by atoms with Crippen molar-refractivity contribution in [3.8, 4) is 11.4 Å². The first-order chi connectivity index (χ1) is 8.66. The molecule has 1 N–H and O–H groups in total. The Morgan fingerprint density at radius 2 is 2.00 bits per heavy atom. The van der Waals surface area contributed by atoms with Crippen molar-refractivity contribution in [2.45, 2.75) is 6.92 Å². The fraction of sp³-hybridized carbons (Fsp3) is 0.0769. The lowest BCUT2D eigenvalue weighted by Gasteiger charge is -2.04. The van der Waals surface area contributed by atoms with E-state index < -0.39 is 0 Å². The topological polar surface area (TPSA) is 41.6 Å². The van der Waals surface area contributed by atoms with Gasteiger partial charge in [0.2, 0.25) is 0 Å². The molecule has 90 valence electrons. The highest BCUT2D eigenvalue weighted by Gasteiger charge is 2.12. The molecule has 0 aliphatic rings. The van der Waals surface area contributed by atoms with Crippen LogP contribution in [0.15, 0.2) is 34.9 Å². The van der Waals surface area contributed by atoms with Crippen molar-refractivity contribution in [1.29, 1.82) is 0 Å². The summed E-state index contributed by atoms with van der Waals surface area (Å²) in [5, 5.41) is 0.926. The molecule has 18 heavy (non-hydrogen) atoms. The van der Waals surface area contributed by atoms with Crippen molar-refractivity contribution in [2.75, 3.05) is 0 Å². The van der Waals surface area contributed by atoms with E-state index >= 15 is 0 Å². The third-order valence-corrected chi connectivity index (χ3v) is 3.40. The van der Waals surface area contributed by atoms with Crippen LogP contribution in [0.3, 0.4) is 0 Å². The van der Waals surface area contributed by atoms with E-state index in [0.717, 1.165) is 15.6 Å². The molecule has 0 saturated carbocycles. The molecule has 0 aliphatic heterocycles. The van der Waals surface area contributed by atoms with Gasteiger partial charge in [-0.3, -0.25) is 0 Å². The second-order valence-electron chi connectivity index (χ2n) is 3.97. The third-order valence-electron chi connectivity index (χ3n) is 2.78. The maximum Gasteiger partial charge on any atom is 0.164 e. The minimum atomic E-state index is -0.318. The van der Waals surface area contributed by atoms with Crippen molar-refractivity contribution in [3.63, 3.8) is 0 Å². The molecule has 5 heteroatoms. The maximum atomic E-state index is 13.7. The molecule has 0 radical (unpaired) electrons. The summed E-state index contributed by atoms with van der Waals surface area (Å²) < 4.78 is 14.6. The molecule has 3 nitrogen and oxygen atoms in total. The number of aryl methyl sites for hydroxylation is 1. The minimum Gasteiger partial charge on any atom is -0.345 e. The molecular weight excluding hydrogens is 297 g/mol. The molecule has 2 heterocycles. The zero-order chi connectivity index (χ0) is 12.7. The average Bonchev–Trinajstić information content (AvgIpc) is 2.72. The SMILES string of the molecule is Cc1nc(-c2ccccc2F)nc2[nH]cc(Br)c12. The summed E-state index contributed by atoms with van der Waals surface area (Å²) >= 11 is 3.43. The Morgan fingerprint density at radius 3 is 2.78 bits per heavy atom. The molecule has 0 atom stereocenters. The van der Waals surface area contributed by atoms with Crippen LogP contribution in [0.4, 0.5) is 4.39 Å². The zero-order valence-electron chi connectivity index (χ0n) is 9.54. The molecule has 0 unspecified atom stereocenters. The number of halogens is 2. The van der Waals surface area contributed by atoms with Crippen LogP contribution in [0, 0.1) is 12.7 Å². The number of nitrogens with one attached hydrogen (secondary N) is 1. The molecule has 0 amide bonds. The molecule has 3 aromatic rings. The van der Waals surface area contributed by atoms with Gasteiger partial charge in [-0.05, 0) is 35.0 Å². The van der Waals surface area contributed by atoms with Gasteiger partial charge in [0.1, 0.15) is 11.5 Å². The van der Waals surface area contributed by atoms with Crippen LogP contribution in [0.25, 0.3) is 22.4 Å². The number of rotatable bonds is 1. The monoisotopic (exact) mass is 305 g/mol. The van der Waals surface area contributed by atoms with Gasteiger partial charge in [-0.15, -0.1) is 0 Å². The highest BCUT2D eigenvalue weighted by atomic mass is 79.9. The predicted octanol–water partition coefficient (Wildman–Crippen LogP) is 3.83. The Kier molecular flexibility index (Phi) is 2.63. The molecule has 0 spiro atoms. The van der Waals surface area contributed by atoms with Gasteiger partial charge in [0, 0.05) is 10.7 Å². The van der Waals surface area contributed by atoms with Gasteiger partial charge in [-0.25, -0.2) is 14.4 Å². The Bertz CT molecular complexity index is 736. The molecule has 0 bridgehead atoms. The van der Waals surface area contributed by atoms with Gasteiger partial charge in [-0.1, -0.05) is 12.1 Å². The van der Waals surface area contributed by atoms with E-state index in [-0.39, 0.29) is 5.82 Å². The lowest BCUT2D eigenvalue weighted by Crippen LogP contribution is -1.95. The van der Waals surface area contributed by atoms with Crippen molar-refractivity contribution in [2.24, 2.45) is 0 Å². The Balaban J connectivity index is 2.29. The first kappa shape index (κ1) is 11.3. The highest BCUT2D eigenvalue weighted by molar-refractivity contribution is 9.10. The lowest BCUT2D eigenvalue weighted by molar-refractivity contribution is 0.630. The first-order valence-electron chi connectivity index (χ1n) is 5.43. The lowest BCUT2D eigenvalue weighted by atomic mass is 10.2. The fourth-order valence-electron chi connectivity index (χ4n) is 1.93. The smallest absolute Gasteiger partial charge is 0.164 e. The molecule has 0 aliphatic carbocycles. The summed E-state index contributed by atoms with van der Waals surface area (Å²) in [5.41, 5.74) is 1.92. The summed E-state index contributed by atoms with van der Waals surface area (Å²) in [4.78, 5) is 11.8. The number of aromatic amines is 1. The standard InChI is InChI=1S/C13H9BrFN3/c1-7-11-9(14)6-16-13(11)18-12(17-7)8-4-2-3-5-10(8)15/h2-6H,1H3,(H,16,17,18). The van der Waals surface area contributed by atoms with E-state index in [2.05, 4.69) is 30.9 Å². The third kappa shape index (κ3) is 1.71. The summed E-state index contributed by atoms with van der Waals surface area (Å²) in [7, 11) is 0. The van der Waals surface area contributed by atoms with Crippen molar-refractivity contribution < 1.29 is 4.39 Å². The number of aromatic nitrogens is 3. The van der Waals surface area contributed by atoms with Crippen molar-refractivity contribution >= 4 is 27.0 Å². The number of nitrogens with zero attached hydrogens (tertiary/aromatic N) is 2. The van der Waals surface area contributed by atoms with E-state index in [4.69, 9.17) is 0 Å². The highest BCUT2D eigenvalue weighted by Crippen LogP contribution is 2.27. The Labute approximate surface area is 111 Å². The summed E-state index contributed by atoms with van der Waals surface area (Å²) in [5.74, 6) is 0.0781. The molecule has 0 saturated heterocycles. The van der Waals surface area contributed by atoms with Crippen molar-refractivity contribution in [1.82, 2.24) is 15.0 Å². The van der Waals surface area contributed by atoms with Crippen LogP contribution >= 0.6 is 15.9 Å². The van der Waals surface area contributed by atoms with Crippen LogP contribution in [0.2, 0.25) is 0 Å². The van der Waals surface area contributed by atoms with Crippen LogP contribution in [-0.2, 0) is 0 Å². The minimum absolute atomic E-state index is 0.318. The Morgan fingerprint density at radius 1 is 1.22 bits per heavy atom. The summed E-state index contributed by atoms with van der Waals surface area (Å²) in [6.45, 7) is 1.88. The average molecular weight is 306 g/mol. The van der Waals surface area contributed by atoms with Gasteiger partial charge >= 0.3 is 0 Å². The zero-order valence-corrected chi connectivity index (χ0v) is 11.1. The normalized spacial score (nSPS) is 11.1.